The number of nitrogens with two attached hydrogens (primary N) is 7. The molecular weight excluding hydrogens is 1780 g/mol. The smallest absolute Gasteiger partial charge is 0.246 e. The third-order valence-corrected chi connectivity index (χ3v) is 21.4. The van der Waals surface area contributed by atoms with Crippen molar-refractivity contribution in [2.45, 2.75) is 255 Å². The molecule has 2 aromatic rings. The van der Waals surface area contributed by atoms with Crippen LogP contribution in [0.1, 0.15) is 151 Å². The zero-order valence-electron chi connectivity index (χ0n) is 78.1. The van der Waals surface area contributed by atoms with Crippen molar-refractivity contribution in [2.24, 2.45) is 63.8 Å². The van der Waals surface area contributed by atoms with Crippen molar-refractivity contribution in [1.82, 2.24) is 95.3 Å². The summed E-state index contributed by atoms with van der Waals surface area (Å²) in [6.07, 6.45) is -3.98. The molecule has 3 rings (SSSR count). The Kier molecular flexibility index (Phi) is 50.9. The maximum absolute atomic E-state index is 14.9. The van der Waals surface area contributed by atoms with Crippen LogP contribution < -0.4 is 131 Å². The lowest BCUT2D eigenvalue weighted by Gasteiger charge is -2.33. The molecule has 50 nitrogen and oxygen atoms in total. The van der Waals surface area contributed by atoms with Crippen LogP contribution in [0.15, 0.2) is 60.7 Å². The van der Waals surface area contributed by atoms with Gasteiger partial charge in [-0.25, -0.2) is 0 Å². The van der Waals surface area contributed by atoms with Crippen LogP contribution in [0.5, 0.6) is 0 Å². The predicted molar refractivity (Wildman–Crippen MR) is 486 cm³/mol. The Hall–Kier alpha value is -13.5. The fraction of sp³-hybridized carbons (Fsp3) is 0.605. The molecule has 0 radical (unpaired) electrons. The molecule has 1 saturated heterocycles. The maximum Gasteiger partial charge on any atom is 0.246 e. The highest BCUT2D eigenvalue weighted by atomic mass is 16.3. The molecule has 0 spiro atoms. The van der Waals surface area contributed by atoms with E-state index in [1.165, 1.54) is 34.6 Å². The van der Waals surface area contributed by atoms with Crippen molar-refractivity contribution in [3.8, 4) is 0 Å². The summed E-state index contributed by atoms with van der Waals surface area (Å²) in [5.41, 5.74) is 40.2. The number of rotatable bonds is 61. The van der Waals surface area contributed by atoms with E-state index >= 15 is 0 Å². The normalized spacial score (nSPS) is 15.8. The molecule has 17 atom stereocenters. The number of nitrogens with zero attached hydrogens (tertiary/aromatic N) is 1. The molecule has 1 heterocycles. The SMILES string of the molecule is CC(NC(=O)C(CCCCN)NC(=O)C(CO)NC(=O)CNC(=O)C(NC(=O)C(CC(N)=O)NC(=O)C(NC(=O)C1CCCN1C(=O)C(NC(=O)C(Cc1ccccc1)NC(=O)C(CC(N)=O)NC(=O)C(CC(N)=O)NC(=O)C(CCCCN)NC(=O)C(NC(=O)C(NC(=O)CNC(=O)CNC(=O)C(N)CO)C(C)C)C(C)C)C(C)C)C(C)O)C(C)C)C(=O)NC(Cc1ccccc1)C(N)=O. The standard InChI is InChI=1S/C86H137N25O25/c1-42(2)66(82(132)96-39-64(119)98-58(41-113)80(130)99-51(26-17-19-29-87)74(124)97-46(9)72(122)101-53(71(93)121)32-48-22-13-11-14-23-48)107-79(129)57(36-62(92)117)105-85(135)70(47(10)114)110-81(131)59-28-21-31-111(59)86(136)69(45(7)8)109-78(128)54(33-49-24-15-12-16-25-49)102-76(126)56(35-61(91)116)104-77(127)55(34-60(90)115)103-75(125)52(27-18-20-30-88)100-83(133)68(44(5)6)108-84(134)67(43(3)4)106-65(120)38-94-63(118)37-95-73(123)50(89)40-112/h11-16,22-25,42-47,50-59,66-70,112-114H,17-21,26-41,87-89H2,1-10H3,(H2,90,115)(H2,91,116)(H2,92,117)(H2,93,121)(H,94,118)(H,95,123)(H,96,132)(H,97,124)(H,98,119)(H,99,130)(H,100,133)(H,101,122)(H,102,126)(H,103,125)(H,104,127)(H,105,135)(H,106,120)(H,107,129)(H,108,134)(H,109,128)(H,110,131). The van der Waals surface area contributed by atoms with Crippen LogP contribution in [0.4, 0.5) is 0 Å². The average molecular weight is 1920 g/mol. The number of nitrogens with one attached hydrogen (secondary N) is 17. The summed E-state index contributed by atoms with van der Waals surface area (Å²) in [6.45, 7) is 10.9. The first-order valence-electron chi connectivity index (χ1n) is 44.6. The van der Waals surface area contributed by atoms with Gasteiger partial charge < -0.3 is 151 Å². The Morgan fingerprint density at radius 1 is 0.360 bits per heavy atom. The summed E-state index contributed by atoms with van der Waals surface area (Å²) in [6, 6.07) is -8.63. The van der Waals surface area contributed by atoms with Gasteiger partial charge in [-0.05, 0) is 113 Å². The molecule has 756 valence electrons. The second kappa shape index (κ2) is 59.3. The Morgan fingerprint density at radius 3 is 1.18 bits per heavy atom. The van der Waals surface area contributed by atoms with E-state index in [-0.39, 0.29) is 71.0 Å². The van der Waals surface area contributed by atoms with Crippen molar-refractivity contribution >= 4 is 130 Å². The average Bonchev–Trinajstić information content (AvgIpc) is 1.66. The number of carbonyl (C=O) groups excluding carboxylic acids is 22. The van der Waals surface area contributed by atoms with Crippen LogP contribution in [-0.2, 0) is 118 Å². The third kappa shape index (κ3) is 40.8. The van der Waals surface area contributed by atoms with Gasteiger partial charge in [-0.1, -0.05) is 116 Å². The van der Waals surface area contributed by atoms with Gasteiger partial charge in [-0.2, -0.15) is 0 Å². The molecule has 0 bridgehead atoms. The number of aliphatic hydroxyl groups is 3. The number of hydrogen-bond donors (Lipinski definition) is 27. The maximum atomic E-state index is 14.9. The van der Waals surface area contributed by atoms with E-state index in [9.17, 15) is 116 Å². The second-order valence-electron chi connectivity index (χ2n) is 34.2. The van der Waals surface area contributed by atoms with Gasteiger partial charge in [-0.15, -0.1) is 0 Å². The van der Waals surface area contributed by atoms with Crippen LogP contribution in [-0.4, -0.2) is 305 Å². The molecule has 2 aromatic carbocycles. The number of carbonyl (C=O) groups is 22. The minimum atomic E-state index is -2.00. The summed E-state index contributed by atoms with van der Waals surface area (Å²) in [7, 11) is 0. The lowest BCUT2D eigenvalue weighted by Crippen LogP contribution is -2.62. The van der Waals surface area contributed by atoms with Gasteiger partial charge in [0.1, 0.15) is 96.7 Å². The molecule has 50 heteroatoms. The lowest BCUT2D eigenvalue weighted by molar-refractivity contribution is -0.144. The van der Waals surface area contributed by atoms with Gasteiger partial charge in [-0.3, -0.25) is 105 Å². The Bertz CT molecular complexity index is 4450. The van der Waals surface area contributed by atoms with Crippen molar-refractivity contribution in [3.63, 3.8) is 0 Å². The summed E-state index contributed by atoms with van der Waals surface area (Å²) >= 11 is 0. The molecule has 136 heavy (non-hydrogen) atoms. The van der Waals surface area contributed by atoms with Gasteiger partial charge in [0.15, 0.2) is 0 Å². The van der Waals surface area contributed by atoms with Gasteiger partial charge in [0.05, 0.1) is 58.2 Å². The minimum Gasteiger partial charge on any atom is -0.394 e. The van der Waals surface area contributed by atoms with E-state index < -0.39 is 309 Å². The number of aliphatic hydroxyl groups excluding tert-OH is 3. The quantitative estimate of drug-likeness (QED) is 0.0274. The fourth-order valence-corrected chi connectivity index (χ4v) is 13.7. The molecule has 1 aliphatic heterocycles. The van der Waals surface area contributed by atoms with E-state index in [1.807, 2.05) is 0 Å². The van der Waals surface area contributed by atoms with Crippen molar-refractivity contribution in [1.29, 1.82) is 0 Å². The summed E-state index contributed by atoms with van der Waals surface area (Å²) in [4.78, 5) is 300. The highest BCUT2D eigenvalue weighted by Crippen LogP contribution is 2.23. The van der Waals surface area contributed by atoms with Crippen LogP contribution in [0.25, 0.3) is 0 Å². The number of unbranched alkanes of at least 4 members (excludes halogenated alkanes) is 2. The molecule has 1 aliphatic rings. The first-order valence-corrected chi connectivity index (χ1v) is 44.6. The Balaban J connectivity index is 1.82. The van der Waals surface area contributed by atoms with Crippen molar-refractivity contribution in [3.05, 3.63) is 71.8 Å². The van der Waals surface area contributed by atoms with Gasteiger partial charge in [0, 0.05) is 19.4 Å². The summed E-state index contributed by atoms with van der Waals surface area (Å²) < 4.78 is 0. The van der Waals surface area contributed by atoms with Gasteiger partial charge >= 0.3 is 0 Å². The second-order valence-corrected chi connectivity index (χ2v) is 34.2. The van der Waals surface area contributed by atoms with Crippen molar-refractivity contribution < 1.29 is 121 Å². The third-order valence-electron chi connectivity index (χ3n) is 21.4. The Labute approximate surface area is 786 Å². The number of amides is 22. The van der Waals surface area contributed by atoms with Gasteiger partial charge in [0.25, 0.3) is 0 Å². The van der Waals surface area contributed by atoms with Gasteiger partial charge in [0.2, 0.25) is 130 Å². The molecule has 34 N–H and O–H groups in total. The monoisotopic (exact) mass is 1920 g/mol. The zero-order valence-corrected chi connectivity index (χ0v) is 78.1. The van der Waals surface area contributed by atoms with Crippen LogP contribution in [0.3, 0.4) is 0 Å². The largest absolute Gasteiger partial charge is 0.394 e. The number of benzene rings is 2. The van der Waals surface area contributed by atoms with Crippen LogP contribution >= 0.6 is 0 Å². The first kappa shape index (κ1) is 117. The van der Waals surface area contributed by atoms with E-state index in [0.29, 0.717) is 24.0 Å². The molecule has 0 aliphatic carbocycles. The topological polar surface area (TPSA) is 826 Å². The molecule has 1 fully saturated rings. The van der Waals surface area contributed by atoms with E-state index in [4.69, 9.17) is 45.2 Å². The van der Waals surface area contributed by atoms with Crippen molar-refractivity contribution in [2.75, 3.05) is 52.5 Å². The lowest BCUT2D eigenvalue weighted by atomic mass is 9.98. The molecule has 0 saturated carbocycles. The van der Waals surface area contributed by atoms with Crippen LogP contribution in [0.2, 0.25) is 0 Å². The van der Waals surface area contributed by atoms with E-state index in [0.717, 1.165) is 11.8 Å². The van der Waals surface area contributed by atoms with Crippen LogP contribution in [0, 0.1) is 23.7 Å². The predicted octanol–water partition coefficient (Wildman–Crippen LogP) is -11.7. The summed E-state index contributed by atoms with van der Waals surface area (Å²) in [5, 5.41) is 71.1. The molecule has 0 aromatic heterocycles. The fourth-order valence-electron chi connectivity index (χ4n) is 13.7. The van der Waals surface area contributed by atoms with E-state index in [1.54, 1.807) is 88.4 Å². The Morgan fingerprint density at radius 2 is 0.721 bits per heavy atom. The number of likely N-dealkylation sites (tertiary alicyclic amines) is 1. The molecular formula is C86H137N25O25. The number of hydrogen-bond acceptors (Lipinski definition) is 28. The zero-order chi connectivity index (χ0) is 102. The molecule has 22 amide bonds. The minimum absolute atomic E-state index is 0.0340. The summed E-state index contributed by atoms with van der Waals surface area (Å²) in [5.74, 6) is -25.7. The van der Waals surface area contributed by atoms with E-state index in [2.05, 4.69) is 90.4 Å². The number of primary amides is 4. The first-order chi connectivity index (χ1) is 64.0. The highest BCUT2D eigenvalue weighted by molar-refractivity contribution is 6.03. The highest BCUT2D eigenvalue weighted by Gasteiger charge is 2.44. The molecule has 17 unspecified atom stereocenters.